The number of hydrogen-bond acceptors (Lipinski definition) is 3. The molecule has 0 amide bonds. The molecule has 17 heavy (non-hydrogen) atoms. The maximum Gasteiger partial charge on any atom is 0.0586 e. The summed E-state index contributed by atoms with van der Waals surface area (Å²) in [7, 11) is 1.85. The molecule has 1 heterocycles. The fraction of sp³-hybridized carbons (Fsp3) is 1.00. The van der Waals surface area contributed by atoms with Gasteiger partial charge in [-0.05, 0) is 52.4 Å². The van der Waals surface area contributed by atoms with E-state index in [1.807, 2.05) is 7.11 Å². The first-order valence-electron chi connectivity index (χ1n) is 7.28. The zero-order chi connectivity index (χ0) is 12.3. The number of hydrazine groups is 1. The van der Waals surface area contributed by atoms with Crippen molar-refractivity contribution in [2.75, 3.05) is 7.11 Å². The van der Waals surface area contributed by atoms with Crippen LogP contribution in [0, 0.1) is 0 Å². The molecule has 0 radical (unpaired) electrons. The quantitative estimate of drug-likeness (QED) is 0.821. The lowest BCUT2D eigenvalue weighted by atomic mass is 9.93. The predicted octanol–water partition coefficient (Wildman–Crippen LogP) is 2.71. The van der Waals surface area contributed by atoms with E-state index in [1.165, 1.54) is 44.9 Å². The third-order valence-electron chi connectivity index (χ3n) is 4.48. The lowest BCUT2D eigenvalue weighted by Gasteiger charge is -2.43. The van der Waals surface area contributed by atoms with Crippen molar-refractivity contribution in [2.45, 2.75) is 83.0 Å². The molecule has 4 atom stereocenters. The highest BCUT2D eigenvalue weighted by atomic mass is 16.5. The van der Waals surface area contributed by atoms with Crippen LogP contribution in [0.15, 0.2) is 0 Å². The summed E-state index contributed by atoms with van der Waals surface area (Å²) < 4.78 is 5.51. The van der Waals surface area contributed by atoms with Crippen molar-refractivity contribution in [3.63, 3.8) is 0 Å². The molecule has 1 saturated carbocycles. The average Bonchev–Trinajstić information content (AvgIpc) is 2.34. The molecular weight excluding hydrogens is 212 g/mol. The van der Waals surface area contributed by atoms with E-state index in [0.717, 1.165) is 0 Å². The Hall–Kier alpha value is -0.120. The number of nitrogens with one attached hydrogen (secondary N) is 1. The van der Waals surface area contributed by atoms with Crippen LogP contribution in [0.1, 0.15) is 58.8 Å². The van der Waals surface area contributed by atoms with Gasteiger partial charge >= 0.3 is 0 Å². The van der Waals surface area contributed by atoms with Gasteiger partial charge in [0.15, 0.2) is 0 Å². The summed E-state index contributed by atoms with van der Waals surface area (Å²) in [5, 5.41) is 2.51. The van der Waals surface area contributed by atoms with Crippen LogP contribution < -0.4 is 5.43 Å². The van der Waals surface area contributed by atoms with E-state index in [9.17, 15) is 0 Å². The van der Waals surface area contributed by atoms with E-state index < -0.39 is 0 Å². The van der Waals surface area contributed by atoms with Gasteiger partial charge in [0.2, 0.25) is 0 Å². The van der Waals surface area contributed by atoms with Crippen molar-refractivity contribution < 1.29 is 4.74 Å². The van der Waals surface area contributed by atoms with E-state index in [-0.39, 0.29) is 0 Å². The first-order chi connectivity index (χ1) is 8.20. The molecule has 0 aromatic heterocycles. The molecule has 100 valence electrons. The second-order valence-corrected chi connectivity index (χ2v) is 5.89. The van der Waals surface area contributed by atoms with Crippen molar-refractivity contribution in [1.82, 2.24) is 10.4 Å². The third-order valence-corrected chi connectivity index (χ3v) is 4.48. The Labute approximate surface area is 106 Å². The molecule has 0 aromatic rings. The minimum Gasteiger partial charge on any atom is -0.381 e. The molecule has 1 aliphatic carbocycles. The maximum absolute atomic E-state index is 5.51. The van der Waals surface area contributed by atoms with Crippen molar-refractivity contribution in [3.05, 3.63) is 0 Å². The smallest absolute Gasteiger partial charge is 0.0586 e. The Kier molecular flexibility index (Phi) is 4.83. The number of nitrogens with zero attached hydrogens (tertiary/aromatic N) is 1. The highest BCUT2D eigenvalue weighted by Gasteiger charge is 2.29. The lowest BCUT2D eigenvalue weighted by Crippen LogP contribution is -2.56. The second kappa shape index (κ2) is 6.17. The number of methoxy groups -OCH3 is 1. The van der Waals surface area contributed by atoms with Gasteiger partial charge in [-0.2, -0.15) is 0 Å². The van der Waals surface area contributed by atoms with E-state index in [0.29, 0.717) is 24.2 Å². The molecule has 1 saturated heterocycles. The minimum atomic E-state index is 0.469. The van der Waals surface area contributed by atoms with Gasteiger partial charge < -0.3 is 4.74 Å². The molecule has 2 rings (SSSR count). The number of piperidine rings is 1. The second-order valence-electron chi connectivity index (χ2n) is 5.89. The van der Waals surface area contributed by atoms with Gasteiger partial charge in [0.05, 0.1) is 6.10 Å². The van der Waals surface area contributed by atoms with E-state index >= 15 is 0 Å². The lowest BCUT2D eigenvalue weighted by molar-refractivity contribution is -0.00326. The SMILES string of the molecule is COC1CCCC(NN2C(C)CCCC2C)C1. The van der Waals surface area contributed by atoms with Crippen molar-refractivity contribution in [3.8, 4) is 0 Å². The fourth-order valence-corrected chi connectivity index (χ4v) is 3.36. The summed E-state index contributed by atoms with van der Waals surface area (Å²) in [5.41, 5.74) is 3.77. The molecule has 3 nitrogen and oxygen atoms in total. The molecule has 1 N–H and O–H groups in total. The first kappa shape index (κ1) is 13.3. The van der Waals surface area contributed by atoms with Crippen molar-refractivity contribution in [2.24, 2.45) is 0 Å². The van der Waals surface area contributed by atoms with Gasteiger partial charge in [0.1, 0.15) is 0 Å². The zero-order valence-electron chi connectivity index (χ0n) is 11.6. The molecule has 2 aliphatic rings. The summed E-state index contributed by atoms with van der Waals surface area (Å²) in [5.74, 6) is 0. The minimum absolute atomic E-state index is 0.469. The van der Waals surface area contributed by atoms with Crippen LogP contribution in [0.2, 0.25) is 0 Å². The largest absolute Gasteiger partial charge is 0.381 e. The molecular formula is C14H28N2O. The van der Waals surface area contributed by atoms with Crippen molar-refractivity contribution >= 4 is 0 Å². The first-order valence-corrected chi connectivity index (χ1v) is 7.28. The Morgan fingerprint density at radius 3 is 2.29 bits per heavy atom. The maximum atomic E-state index is 5.51. The van der Waals surface area contributed by atoms with Crippen molar-refractivity contribution in [1.29, 1.82) is 0 Å². The van der Waals surface area contributed by atoms with Crippen LogP contribution in [0.3, 0.4) is 0 Å². The summed E-state index contributed by atoms with van der Waals surface area (Å²) in [6.07, 6.45) is 9.52. The van der Waals surface area contributed by atoms with E-state index in [1.54, 1.807) is 0 Å². The zero-order valence-corrected chi connectivity index (χ0v) is 11.6. The summed E-state index contributed by atoms with van der Waals surface area (Å²) in [4.78, 5) is 0. The van der Waals surface area contributed by atoms with Gasteiger partial charge in [0, 0.05) is 25.2 Å². The van der Waals surface area contributed by atoms with E-state index in [4.69, 9.17) is 4.74 Å². The monoisotopic (exact) mass is 240 g/mol. The van der Waals surface area contributed by atoms with Crippen LogP contribution in [0.25, 0.3) is 0 Å². The fourth-order valence-electron chi connectivity index (χ4n) is 3.36. The Bertz CT molecular complexity index is 224. The normalized spacial score (nSPS) is 40.4. The van der Waals surface area contributed by atoms with Crippen LogP contribution in [0.4, 0.5) is 0 Å². The highest BCUT2D eigenvalue weighted by molar-refractivity contribution is 4.82. The number of rotatable bonds is 3. The predicted molar refractivity (Wildman–Crippen MR) is 70.8 cm³/mol. The van der Waals surface area contributed by atoms with Crippen LogP contribution in [0.5, 0.6) is 0 Å². The van der Waals surface area contributed by atoms with Crippen LogP contribution in [-0.4, -0.2) is 36.3 Å². The number of ether oxygens (including phenoxy) is 1. The van der Waals surface area contributed by atoms with Gasteiger partial charge in [-0.3, -0.25) is 5.43 Å². The highest BCUT2D eigenvalue weighted by Crippen LogP contribution is 2.25. The van der Waals surface area contributed by atoms with Crippen LogP contribution >= 0.6 is 0 Å². The third kappa shape index (κ3) is 3.43. The van der Waals surface area contributed by atoms with Gasteiger partial charge in [0.25, 0.3) is 0 Å². The van der Waals surface area contributed by atoms with Gasteiger partial charge in [-0.15, -0.1) is 0 Å². The molecule has 4 unspecified atom stereocenters. The Morgan fingerprint density at radius 1 is 1.00 bits per heavy atom. The molecule has 3 heteroatoms. The summed E-state index contributed by atoms with van der Waals surface area (Å²) in [6, 6.07) is 1.99. The van der Waals surface area contributed by atoms with Gasteiger partial charge in [-0.1, -0.05) is 6.42 Å². The Morgan fingerprint density at radius 2 is 1.65 bits per heavy atom. The van der Waals surface area contributed by atoms with E-state index in [2.05, 4.69) is 24.3 Å². The standard InChI is InChI=1S/C14H28N2O/c1-11-6-4-7-12(2)16(11)15-13-8-5-9-14(10-13)17-3/h11-15H,4-10H2,1-3H3. The molecule has 0 aromatic carbocycles. The molecule has 2 fully saturated rings. The number of hydrogen-bond donors (Lipinski definition) is 1. The topological polar surface area (TPSA) is 24.5 Å². The van der Waals surface area contributed by atoms with Gasteiger partial charge in [-0.25, -0.2) is 5.01 Å². The molecule has 0 bridgehead atoms. The average molecular weight is 240 g/mol. The Balaban J connectivity index is 1.86. The summed E-state index contributed by atoms with van der Waals surface area (Å²) in [6.45, 7) is 4.69. The van der Waals surface area contributed by atoms with Crippen LogP contribution in [-0.2, 0) is 4.74 Å². The summed E-state index contributed by atoms with van der Waals surface area (Å²) >= 11 is 0. The molecule has 0 spiro atoms. The molecule has 1 aliphatic heterocycles.